The summed E-state index contributed by atoms with van der Waals surface area (Å²) < 4.78 is 79.5. The number of rotatable bonds is 14. The number of amides is 4. The highest BCUT2D eigenvalue weighted by Crippen LogP contribution is 2.37. The molecule has 0 bridgehead atoms. The monoisotopic (exact) mass is 980 g/mol. The Hall–Kier alpha value is -6.64. The van der Waals surface area contributed by atoms with Crippen molar-refractivity contribution in [3.63, 3.8) is 0 Å². The van der Waals surface area contributed by atoms with Crippen LogP contribution in [-0.2, 0) is 19.8 Å². The summed E-state index contributed by atoms with van der Waals surface area (Å²) in [5.41, 5.74) is 1.62. The van der Waals surface area contributed by atoms with Crippen LogP contribution in [0.5, 0.6) is 5.75 Å². The zero-order valence-electron chi connectivity index (χ0n) is 38.4. The Morgan fingerprint density at radius 2 is 1.66 bits per heavy atom. The SMILES string of the molecule is CC(C)N(CC1CCN(c2ccc(-c3cnc4[nH]cc(C(=O)c5c(F)ccc(NS(=O)(=O)N6CC[C@@H](F)C6)c5F)c4c3)cc2)CC1)C1CC(Oc2ccc3c(c2)C(=O)N(C2CCC(=O)NC2=O)C3=O)C1. The highest BCUT2D eigenvalue weighted by molar-refractivity contribution is 7.90. The molecule has 70 heavy (non-hydrogen) atoms. The van der Waals surface area contributed by atoms with Crippen molar-refractivity contribution in [2.24, 2.45) is 5.92 Å². The van der Waals surface area contributed by atoms with E-state index in [1.54, 1.807) is 30.5 Å². The maximum absolute atomic E-state index is 15.8. The second kappa shape index (κ2) is 18.6. The fourth-order valence-corrected chi connectivity index (χ4v) is 11.6. The number of aromatic nitrogens is 2. The van der Waals surface area contributed by atoms with Gasteiger partial charge in [0.2, 0.25) is 17.6 Å². The summed E-state index contributed by atoms with van der Waals surface area (Å²) in [4.78, 5) is 77.6. The quantitative estimate of drug-likeness (QED) is 0.0826. The average molecular weight is 981 g/mol. The Morgan fingerprint density at radius 1 is 0.914 bits per heavy atom. The number of pyridine rings is 1. The van der Waals surface area contributed by atoms with Crippen LogP contribution in [0.2, 0.25) is 0 Å². The molecule has 10 rings (SSSR count). The molecular weight excluding hydrogens is 930 g/mol. The topological polar surface area (TPSA) is 194 Å². The number of anilines is 2. The Bertz CT molecular complexity index is 3050. The molecule has 6 heterocycles. The van der Waals surface area contributed by atoms with Crippen molar-refractivity contribution in [2.45, 2.75) is 89.2 Å². The number of halogens is 3. The van der Waals surface area contributed by atoms with Gasteiger partial charge in [-0.05, 0) is 99.5 Å². The van der Waals surface area contributed by atoms with Crippen LogP contribution in [0.25, 0.3) is 22.2 Å². The second-order valence-electron chi connectivity index (χ2n) is 19.1. The van der Waals surface area contributed by atoms with E-state index in [4.69, 9.17) is 4.74 Å². The summed E-state index contributed by atoms with van der Waals surface area (Å²) in [6.07, 6.45) is 5.33. The first-order chi connectivity index (χ1) is 33.5. The molecule has 16 nitrogen and oxygen atoms in total. The third kappa shape index (κ3) is 8.91. The fraction of sp³-hybridized carbons (Fsp3) is 0.400. The summed E-state index contributed by atoms with van der Waals surface area (Å²) in [5, 5.41) is 2.54. The van der Waals surface area contributed by atoms with E-state index in [2.05, 4.69) is 38.9 Å². The molecule has 0 radical (unpaired) electrons. The van der Waals surface area contributed by atoms with Gasteiger partial charge in [-0.3, -0.25) is 43.8 Å². The van der Waals surface area contributed by atoms with Crippen LogP contribution in [0, 0.1) is 17.6 Å². The van der Waals surface area contributed by atoms with Gasteiger partial charge in [0.05, 0.1) is 22.4 Å². The normalized spacial score (nSPS) is 22.3. The molecule has 1 saturated carbocycles. The Labute approximate surface area is 401 Å². The molecule has 3 saturated heterocycles. The number of hydrogen-bond acceptors (Lipinski definition) is 11. The molecule has 4 fully saturated rings. The number of nitrogens with one attached hydrogen (secondary N) is 3. The highest BCUT2D eigenvalue weighted by Gasteiger charge is 2.45. The molecule has 4 aliphatic heterocycles. The van der Waals surface area contributed by atoms with Crippen LogP contribution in [0.15, 0.2) is 73.1 Å². The number of alkyl halides is 1. The number of carbonyl (C=O) groups is 5. The predicted octanol–water partition coefficient (Wildman–Crippen LogP) is 6.38. The first-order valence-corrected chi connectivity index (χ1v) is 25.0. The summed E-state index contributed by atoms with van der Waals surface area (Å²) in [7, 11) is -4.37. The lowest BCUT2D eigenvalue weighted by atomic mass is 9.85. The van der Waals surface area contributed by atoms with E-state index in [9.17, 15) is 36.8 Å². The molecule has 3 N–H and O–H groups in total. The minimum absolute atomic E-state index is 0.00356. The summed E-state index contributed by atoms with van der Waals surface area (Å²) in [6.45, 7) is 6.63. The largest absolute Gasteiger partial charge is 0.490 e. The van der Waals surface area contributed by atoms with E-state index in [0.29, 0.717) is 40.3 Å². The van der Waals surface area contributed by atoms with Gasteiger partial charge in [-0.15, -0.1) is 0 Å². The molecule has 5 aliphatic rings. The maximum Gasteiger partial charge on any atom is 0.301 e. The minimum Gasteiger partial charge on any atom is -0.490 e. The number of aromatic amines is 1. The molecule has 1 aliphatic carbocycles. The maximum atomic E-state index is 15.8. The number of imide groups is 2. The fourth-order valence-electron chi connectivity index (χ4n) is 10.4. The van der Waals surface area contributed by atoms with E-state index in [1.165, 1.54) is 6.20 Å². The molecule has 20 heteroatoms. The van der Waals surface area contributed by atoms with Crippen molar-refractivity contribution in [3.05, 3.63) is 107 Å². The zero-order chi connectivity index (χ0) is 49.2. The molecule has 1 unspecified atom stereocenters. The number of carbonyl (C=O) groups excluding carboxylic acids is 5. The summed E-state index contributed by atoms with van der Waals surface area (Å²) in [6, 6.07) is 15.9. The van der Waals surface area contributed by atoms with Gasteiger partial charge >= 0.3 is 10.2 Å². The van der Waals surface area contributed by atoms with Crippen LogP contribution >= 0.6 is 0 Å². The third-order valence-corrected chi connectivity index (χ3v) is 15.8. The van der Waals surface area contributed by atoms with E-state index < -0.39 is 81.3 Å². The average Bonchev–Trinajstić information content (AvgIpc) is 4.03. The van der Waals surface area contributed by atoms with Crippen molar-refractivity contribution < 1.29 is 50.3 Å². The van der Waals surface area contributed by atoms with E-state index in [1.807, 2.05) is 29.0 Å². The lowest BCUT2D eigenvalue weighted by Crippen LogP contribution is -2.54. The van der Waals surface area contributed by atoms with Gasteiger partial charge in [0.1, 0.15) is 35.5 Å². The number of benzene rings is 3. The smallest absolute Gasteiger partial charge is 0.301 e. The minimum atomic E-state index is -4.37. The van der Waals surface area contributed by atoms with E-state index in [0.717, 1.165) is 77.9 Å². The molecule has 366 valence electrons. The number of nitrogens with zero attached hydrogens (tertiary/aromatic N) is 5. The van der Waals surface area contributed by atoms with Gasteiger partial charge in [0, 0.05) is 98.7 Å². The summed E-state index contributed by atoms with van der Waals surface area (Å²) >= 11 is 0. The number of piperidine rings is 2. The molecule has 5 aromatic rings. The van der Waals surface area contributed by atoms with Crippen molar-refractivity contribution in [3.8, 4) is 16.9 Å². The molecule has 3 aromatic carbocycles. The van der Waals surface area contributed by atoms with Gasteiger partial charge in [-0.1, -0.05) is 12.1 Å². The molecule has 2 aromatic heterocycles. The molecular formula is C50H51F3N8O8S. The third-order valence-electron chi connectivity index (χ3n) is 14.3. The molecule has 2 atom stereocenters. The lowest BCUT2D eigenvalue weighted by molar-refractivity contribution is -0.136. The lowest BCUT2D eigenvalue weighted by Gasteiger charge is -2.46. The molecule has 4 amide bonds. The molecule has 0 spiro atoms. The van der Waals surface area contributed by atoms with Crippen molar-refractivity contribution >= 4 is 62.0 Å². The van der Waals surface area contributed by atoms with Crippen LogP contribution in [0.1, 0.15) is 95.4 Å². The van der Waals surface area contributed by atoms with Gasteiger partial charge in [0.25, 0.3) is 11.8 Å². The first kappa shape index (κ1) is 47.1. The van der Waals surface area contributed by atoms with Gasteiger partial charge in [0.15, 0.2) is 5.82 Å². The van der Waals surface area contributed by atoms with Crippen molar-refractivity contribution in [2.75, 3.05) is 42.3 Å². The highest BCUT2D eigenvalue weighted by atomic mass is 32.2. The number of fused-ring (bicyclic) bond motifs is 2. The Kier molecular flexibility index (Phi) is 12.5. The first-order valence-electron chi connectivity index (χ1n) is 23.6. The number of ketones is 1. The Balaban J connectivity index is 0.734. The van der Waals surface area contributed by atoms with Gasteiger partial charge in [-0.25, -0.2) is 18.2 Å². The van der Waals surface area contributed by atoms with Crippen LogP contribution < -0.4 is 19.7 Å². The Morgan fingerprint density at radius 3 is 2.36 bits per heavy atom. The van der Waals surface area contributed by atoms with Gasteiger partial charge in [-0.2, -0.15) is 12.7 Å². The van der Waals surface area contributed by atoms with E-state index in [-0.39, 0.29) is 48.6 Å². The number of hydrogen-bond donors (Lipinski definition) is 3. The summed E-state index contributed by atoms with van der Waals surface area (Å²) in [5.74, 6) is -4.79. The number of H-pyrrole nitrogens is 1. The standard InChI is InChI=1S/C50H51F3N8O8S/c1-27(2)60(33-20-35(21-33)69-34-7-8-36-38(22-34)50(66)61(49(36)65)42-11-12-43(62)56-48(42)64)25-28-13-16-58(17-14-28)32-5-3-29(4-6-32)30-19-37-39(24-55-47(37)54-23-30)46(63)44-40(52)9-10-41(45(44)53)57-70(67,68)59-18-15-31(51)26-59/h3-10,19,22-24,27-28,31,33,35,42,57H,11-18,20-21,25-26H2,1-2H3,(H,54,55)(H,56,62,64)/t31-,33?,35?,42?/m1/s1. The van der Waals surface area contributed by atoms with E-state index >= 15 is 8.78 Å². The van der Waals surface area contributed by atoms with Crippen molar-refractivity contribution in [1.82, 2.24) is 29.4 Å². The number of ether oxygens (including phenoxy) is 1. The van der Waals surface area contributed by atoms with Gasteiger partial charge < -0.3 is 14.6 Å². The predicted molar refractivity (Wildman–Crippen MR) is 252 cm³/mol. The van der Waals surface area contributed by atoms with Crippen LogP contribution in [-0.4, -0.2) is 125 Å². The van der Waals surface area contributed by atoms with Crippen LogP contribution in [0.3, 0.4) is 0 Å². The zero-order valence-corrected chi connectivity index (χ0v) is 39.2. The van der Waals surface area contributed by atoms with Crippen molar-refractivity contribution in [1.29, 1.82) is 0 Å². The van der Waals surface area contributed by atoms with Crippen LogP contribution in [0.4, 0.5) is 24.5 Å². The second-order valence-corrected chi connectivity index (χ2v) is 20.7.